The molecule has 2 atom stereocenters. The van der Waals surface area contributed by atoms with Crippen molar-refractivity contribution in [2.45, 2.75) is 18.6 Å². The minimum Gasteiger partial charge on any atom is -0.296 e. The highest BCUT2D eigenvalue weighted by Gasteiger charge is 2.31. The summed E-state index contributed by atoms with van der Waals surface area (Å²) in [6.07, 6.45) is 6.91. The molecule has 0 spiro atoms. The predicted octanol–water partition coefficient (Wildman–Crippen LogP) is 1.47. The molecule has 12 heavy (non-hydrogen) atoms. The minimum absolute atomic E-state index is 0.0222. The lowest BCUT2D eigenvalue weighted by molar-refractivity contribution is 0.197. The van der Waals surface area contributed by atoms with Crippen molar-refractivity contribution in [2.24, 2.45) is 0 Å². The van der Waals surface area contributed by atoms with Crippen LogP contribution in [0.4, 0.5) is 0 Å². The Kier molecular flexibility index (Phi) is 3.70. The largest absolute Gasteiger partial charge is 0.296 e. The van der Waals surface area contributed by atoms with Gasteiger partial charge >= 0.3 is 0 Å². The van der Waals surface area contributed by atoms with Gasteiger partial charge in [-0.3, -0.25) is 4.90 Å². The van der Waals surface area contributed by atoms with Crippen molar-refractivity contribution in [1.82, 2.24) is 9.80 Å². The average Bonchev–Trinajstić information content (AvgIpc) is 2.33. The Hall–Kier alpha value is 0.0900. The first kappa shape index (κ1) is 10.2. The maximum atomic E-state index is 4.18. The molecule has 0 N–H and O–H groups in total. The maximum Gasteiger partial charge on any atom is 0.170 e. The summed E-state index contributed by atoms with van der Waals surface area (Å²) < 4.78 is 0. The molecular formula is C9H20N2P+. The molecule has 3 heteroatoms. The topological polar surface area (TPSA) is 6.48 Å². The summed E-state index contributed by atoms with van der Waals surface area (Å²) in [6.45, 7) is 4.66. The van der Waals surface area contributed by atoms with Gasteiger partial charge in [-0.05, 0) is 20.5 Å². The summed E-state index contributed by atoms with van der Waals surface area (Å²) in [6, 6.07) is 0. The zero-order valence-corrected chi connectivity index (χ0v) is 9.35. The molecule has 1 saturated heterocycles. The van der Waals surface area contributed by atoms with Crippen LogP contribution >= 0.6 is 7.55 Å². The first-order valence-corrected chi connectivity index (χ1v) is 6.57. The zero-order chi connectivity index (χ0) is 9.14. The van der Waals surface area contributed by atoms with E-state index >= 15 is 0 Å². The van der Waals surface area contributed by atoms with Gasteiger partial charge < -0.3 is 0 Å². The third kappa shape index (κ3) is 2.55. The van der Waals surface area contributed by atoms with Gasteiger partial charge in [0.15, 0.2) is 5.78 Å². The number of rotatable bonds is 3. The lowest BCUT2D eigenvalue weighted by Gasteiger charge is -2.22. The molecule has 0 aromatic rings. The van der Waals surface area contributed by atoms with E-state index in [1.54, 1.807) is 0 Å². The van der Waals surface area contributed by atoms with E-state index in [4.69, 9.17) is 0 Å². The van der Waals surface area contributed by atoms with Crippen molar-refractivity contribution >= 4 is 13.8 Å². The predicted molar refractivity (Wildman–Crippen MR) is 58.2 cm³/mol. The van der Waals surface area contributed by atoms with Crippen molar-refractivity contribution in [2.75, 3.05) is 34.0 Å². The van der Waals surface area contributed by atoms with Gasteiger partial charge in [-0.1, -0.05) is 0 Å². The highest BCUT2D eigenvalue weighted by Crippen LogP contribution is 2.34. The summed E-state index contributed by atoms with van der Waals surface area (Å²) in [5.41, 5.74) is 0. The normalized spacial score (nSPS) is 26.7. The molecule has 0 aliphatic carbocycles. The van der Waals surface area contributed by atoms with Gasteiger partial charge in [-0.2, -0.15) is 0 Å². The van der Waals surface area contributed by atoms with Crippen LogP contribution in [0.25, 0.3) is 0 Å². The fraction of sp³-hybridized carbons (Fsp3) is 0.889. The highest BCUT2D eigenvalue weighted by atomic mass is 31.1. The van der Waals surface area contributed by atoms with E-state index in [0.717, 1.165) is 12.5 Å². The van der Waals surface area contributed by atoms with Gasteiger partial charge in [-0.15, -0.1) is 0 Å². The molecule has 0 radical (unpaired) electrons. The van der Waals surface area contributed by atoms with Crippen LogP contribution in [0.3, 0.4) is 0 Å². The van der Waals surface area contributed by atoms with Gasteiger partial charge in [0, 0.05) is 13.0 Å². The van der Waals surface area contributed by atoms with Gasteiger partial charge in [0.25, 0.3) is 0 Å². The molecule has 2 unspecified atom stereocenters. The molecule has 0 bridgehead atoms. The molecule has 0 aromatic carbocycles. The van der Waals surface area contributed by atoms with Gasteiger partial charge in [-0.25, -0.2) is 4.90 Å². The molecule has 0 saturated carbocycles. The van der Waals surface area contributed by atoms with Crippen LogP contribution in [0.15, 0.2) is 0 Å². The molecule has 1 heterocycles. The quantitative estimate of drug-likeness (QED) is 0.617. The number of hydrogen-bond donors (Lipinski definition) is 0. The van der Waals surface area contributed by atoms with E-state index in [2.05, 4.69) is 36.9 Å². The van der Waals surface area contributed by atoms with E-state index in [1.807, 2.05) is 0 Å². The first-order valence-electron chi connectivity index (χ1n) is 4.53. The minimum atomic E-state index is -0.0222. The number of hydrogen-bond acceptors (Lipinski definition) is 2. The van der Waals surface area contributed by atoms with Crippen molar-refractivity contribution < 1.29 is 0 Å². The Morgan fingerprint density at radius 1 is 1.58 bits per heavy atom. The summed E-state index contributed by atoms with van der Waals surface area (Å²) in [5, 5.41) is 0. The fourth-order valence-corrected chi connectivity index (χ4v) is 3.21. The lowest BCUT2D eigenvalue weighted by atomic mass is 10.4. The van der Waals surface area contributed by atoms with Crippen LogP contribution in [0.2, 0.25) is 0 Å². The van der Waals surface area contributed by atoms with Gasteiger partial charge in [0.05, 0.1) is 19.6 Å². The fourth-order valence-electron chi connectivity index (χ4n) is 1.84. The standard InChI is InChI=1S/C9H20N2P/c1-10(2)8-11-7-5-6-9(11)12(3)4/h9H,3,5-8H2,1-2,4H3/q+1. The number of likely N-dealkylation sites (tertiary alicyclic amines) is 1. The summed E-state index contributed by atoms with van der Waals surface area (Å²) in [7, 11) is 4.25. The molecule has 0 amide bonds. The van der Waals surface area contributed by atoms with Crippen LogP contribution in [0.1, 0.15) is 12.8 Å². The molecule has 0 aromatic heterocycles. The van der Waals surface area contributed by atoms with Gasteiger partial charge in [0.1, 0.15) is 7.55 Å². The second-order valence-corrected chi connectivity index (χ2v) is 6.02. The van der Waals surface area contributed by atoms with Crippen molar-refractivity contribution in [3.63, 3.8) is 0 Å². The Morgan fingerprint density at radius 3 is 2.75 bits per heavy atom. The van der Waals surface area contributed by atoms with E-state index in [9.17, 15) is 0 Å². The summed E-state index contributed by atoms with van der Waals surface area (Å²) in [4.78, 5) is 4.82. The van der Waals surface area contributed by atoms with E-state index in [0.29, 0.717) is 0 Å². The van der Waals surface area contributed by atoms with Crippen LogP contribution in [-0.2, 0) is 0 Å². The SMILES string of the molecule is C=[P+](C)C1CCCN1CN(C)C. The Balaban J connectivity index is 2.46. The van der Waals surface area contributed by atoms with Crippen LogP contribution in [-0.4, -0.2) is 55.9 Å². The monoisotopic (exact) mass is 187 g/mol. The van der Waals surface area contributed by atoms with E-state index in [-0.39, 0.29) is 7.55 Å². The number of nitrogens with zero attached hydrogens (tertiary/aromatic N) is 2. The lowest BCUT2D eigenvalue weighted by Crippen LogP contribution is -2.35. The zero-order valence-electron chi connectivity index (χ0n) is 8.45. The van der Waals surface area contributed by atoms with E-state index < -0.39 is 0 Å². The van der Waals surface area contributed by atoms with Crippen molar-refractivity contribution in [3.05, 3.63) is 0 Å². The van der Waals surface area contributed by atoms with E-state index in [1.165, 1.54) is 19.4 Å². The maximum absolute atomic E-state index is 4.18. The Bertz CT molecular complexity index is 168. The second kappa shape index (κ2) is 4.36. The summed E-state index contributed by atoms with van der Waals surface area (Å²) >= 11 is 0. The highest BCUT2D eigenvalue weighted by molar-refractivity contribution is 7.55. The van der Waals surface area contributed by atoms with Gasteiger partial charge in [0.2, 0.25) is 0 Å². The molecule has 1 aliphatic heterocycles. The second-order valence-electron chi connectivity index (χ2n) is 3.91. The van der Waals surface area contributed by atoms with Crippen LogP contribution < -0.4 is 0 Å². The molecule has 70 valence electrons. The molecule has 2 nitrogen and oxygen atoms in total. The molecular weight excluding hydrogens is 167 g/mol. The Morgan fingerprint density at radius 2 is 2.25 bits per heavy atom. The molecule has 1 fully saturated rings. The third-order valence-corrected chi connectivity index (χ3v) is 3.90. The smallest absolute Gasteiger partial charge is 0.170 e. The molecule has 1 rings (SSSR count). The third-order valence-electron chi connectivity index (χ3n) is 2.30. The van der Waals surface area contributed by atoms with Crippen LogP contribution in [0.5, 0.6) is 0 Å². The molecule has 1 aliphatic rings. The van der Waals surface area contributed by atoms with Crippen LogP contribution in [0, 0.1) is 0 Å². The summed E-state index contributed by atoms with van der Waals surface area (Å²) in [5.74, 6) is 0.780. The van der Waals surface area contributed by atoms with Crippen molar-refractivity contribution in [3.8, 4) is 0 Å². The first-order chi connectivity index (χ1) is 5.61. The Labute approximate surface area is 76.9 Å². The average molecular weight is 187 g/mol. The van der Waals surface area contributed by atoms with Crippen molar-refractivity contribution in [1.29, 1.82) is 0 Å².